The van der Waals surface area contributed by atoms with Crippen LogP contribution in [0.5, 0.6) is 5.75 Å². The van der Waals surface area contributed by atoms with E-state index in [0.29, 0.717) is 5.56 Å². The van der Waals surface area contributed by atoms with Gasteiger partial charge in [-0.1, -0.05) is 18.2 Å². The van der Waals surface area contributed by atoms with Gasteiger partial charge in [0.2, 0.25) is 0 Å². The largest absolute Gasteiger partial charge is 0.496 e. The number of thiophene rings is 1. The van der Waals surface area contributed by atoms with Gasteiger partial charge in [0.05, 0.1) is 7.11 Å². The number of methoxy groups -OCH3 is 1. The van der Waals surface area contributed by atoms with E-state index in [9.17, 15) is 4.79 Å². The number of ether oxygens (including phenoxy) is 1. The zero-order valence-electron chi connectivity index (χ0n) is 14.4. The van der Waals surface area contributed by atoms with Crippen molar-refractivity contribution in [2.45, 2.75) is 13.8 Å². The molecule has 2 nitrogen and oxygen atoms in total. The average molecular weight is 346 g/mol. The van der Waals surface area contributed by atoms with E-state index in [1.807, 2.05) is 50.2 Å². The van der Waals surface area contributed by atoms with E-state index >= 15 is 0 Å². The molecule has 0 aliphatic carbocycles. The lowest BCUT2D eigenvalue weighted by molar-refractivity contribution is 0.103. The molecule has 0 aliphatic heterocycles. The van der Waals surface area contributed by atoms with Crippen LogP contribution in [0, 0.1) is 13.8 Å². The van der Waals surface area contributed by atoms with Crippen molar-refractivity contribution < 1.29 is 9.53 Å². The number of carbonyl (C=O) groups excluding carboxylic acids is 1. The zero-order valence-corrected chi connectivity index (χ0v) is 15.2. The standard InChI is InChI=1S/C22H18O2S/c1-13-10-16(11-14(2)22(13)24-3)21(23)15-8-9-20-18(12-15)17-6-4-5-7-19(17)25-20/h4-12H,1-3H3. The zero-order chi connectivity index (χ0) is 17.6. The predicted molar refractivity (Wildman–Crippen MR) is 105 cm³/mol. The van der Waals surface area contributed by atoms with Crippen LogP contribution in [-0.4, -0.2) is 12.9 Å². The van der Waals surface area contributed by atoms with Gasteiger partial charge < -0.3 is 4.74 Å². The van der Waals surface area contributed by atoms with E-state index in [1.54, 1.807) is 18.4 Å². The maximum absolute atomic E-state index is 13.0. The molecule has 0 spiro atoms. The normalized spacial score (nSPS) is 11.2. The fraction of sp³-hybridized carbons (Fsp3) is 0.136. The predicted octanol–water partition coefficient (Wildman–Crippen LogP) is 5.91. The minimum absolute atomic E-state index is 0.0473. The lowest BCUT2D eigenvalue weighted by atomic mass is 9.97. The van der Waals surface area contributed by atoms with Crippen LogP contribution >= 0.6 is 11.3 Å². The van der Waals surface area contributed by atoms with Gasteiger partial charge in [0.25, 0.3) is 0 Å². The first-order valence-corrected chi connectivity index (χ1v) is 9.01. The average Bonchev–Trinajstić information content (AvgIpc) is 2.98. The minimum atomic E-state index is 0.0473. The highest BCUT2D eigenvalue weighted by Crippen LogP contribution is 2.34. The van der Waals surface area contributed by atoms with Crippen molar-refractivity contribution >= 4 is 37.3 Å². The molecule has 3 heteroatoms. The van der Waals surface area contributed by atoms with E-state index in [0.717, 1.165) is 27.8 Å². The third-order valence-electron chi connectivity index (χ3n) is 4.57. The Morgan fingerprint density at radius 3 is 2.24 bits per heavy atom. The van der Waals surface area contributed by atoms with Crippen LogP contribution < -0.4 is 4.74 Å². The van der Waals surface area contributed by atoms with Gasteiger partial charge in [0.15, 0.2) is 5.78 Å². The fourth-order valence-corrected chi connectivity index (χ4v) is 4.52. The molecular formula is C22H18O2S. The van der Waals surface area contributed by atoms with Gasteiger partial charge in [-0.25, -0.2) is 0 Å². The van der Waals surface area contributed by atoms with E-state index in [-0.39, 0.29) is 5.78 Å². The SMILES string of the molecule is COc1c(C)cc(C(=O)c2ccc3sc4ccccc4c3c2)cc1C. The number of hydrogen-bond donors (Lipinski definition) is 0. The van der Waals surface area contributed by atoms with Crippen molar-refractivity contribution in [1.82, 2.24) is 0 Å². The van der Waals surface area contributed by atoms with E-state index in [2.05, 4.69) is 18.2 Å². The molecule has 0 saturated heterocycles. The Balaban J connectivity index is 1.84. The van der Waals surface area contributed by atoms with E-state index in [4.69, 9.17) is 4.74 Å². The quantitative estimate of drug-likeness (QED) is 0.431. The number of rotatable bonds is 3. The van der Waals surface area contributed by atoms with Crippen LogP contribution in [0.1, 0.15) is 27.0 Å². The second-order valence-electron chi connectivity index (χ2n) is 6.28. The van der Waals surface area contributed by atoms with Crippen LogP contribution in [0.4, 0.5) is 0 Å². The Morgan fingerprint density at radius 1 is 0.840 bits per heavy atom. The summed E-state index contributed by atoms with van der Waals surface area (Å²) >= 11 is 1.76. The van der Waals surface area contributed by atoms with E-state index < -0.39 is 0 Å². The number of benzene rings is 3. The molecular weight excluding hydrogens is 328 g/mol. The summed E-state index contributed by atoms with van der Waals surface area (Å²) in [6, 6.07) is 18.1. The van der Waals surface area contributed by atoms with Crippen molar-refractivity contribution in [3.05, 3.63) is 76.9 Å². The highest BCUT2D eigenvalue weighted by molar-refractivity contribution is 7.25. The summed E-state index contributed by atoms with van der Waals surface area (Å²) in [5.41, 5.74) is 3.38. The molecule has 4 aromatic rings. The van der Waals surface area contributed by atoms with Gasteiger partial charge in [-0.2, -0.15) is 0 Å². The van der Waals surface area contributed by atoms with Crippen LogP contribution in [-0.2, 0) is 0 Å². The molecule has 0 aliphatic rings. The lowest BCUT2D eigenvalue weighted by Gasteiger charge is -2.11. The summed E-state index contributed by atoms with van der Waals surface area (Å²) in [5, 5.41) is 2.35. The molecule has 0 N–H and O–H groups in total. The number of hydrogen-bond acceptors (Lipinski definition) is 3. The summed E-state index contributed by atoms with van der Waals surface area (Å²) in [4.78, 5) is 13.0. The molecule has 25 heavy (non-hydrogen) atoms. The molecule has 3 aromatic carbocycles. The number of carbonyl (C=O) groups is 1. The Kier molecular flexibility index (Phi) is 3.81. The highest BCUT2D eigenvalue weighted by Gasteiger charge is 2.15. The second kappa shape index (κ2) is 6.01. The van der Waals surface area contributed by atoms with Gasteiger partial charge in [-0.05, 0) is 61.4 Å². The monoisotopic (exact) mass is 346 g/mol. The number of fused-ring (bicyclic) bond motifs is 3. The molecule has 4 rings (SSSR count). The fourth-order valence-electron chi connectivity index (χ4n) is 3.44. The Hall–Kier alpha value is -2.65. The van der Waals surface area contributed by atoms with Crippen LogP contribution in [0.25, 0.3) is 20.2 Å². The van der Waals surface area contributed by atoms with Crippen LogP contribution in [0.15, 0.2) is 54.6 Å². The van der Waals surface area contributed by atoms with Crippen molar-refractivity contribution in [1.29, 1.82) is 0 Å². The van der Waals surface area contributed by atoms with Gasteiger partial charge in [0, 0.05) is 31.3 Å². The molecule has 0 amide bonds. The lowest BCUT2D eigenvalue weighted by Crippen LogP contribution is -2.03. The molecule has 1 aromatic heterocycles. The maximum atomic E-state index is 13.0. The minimum Gasteiger partial charge on any atom is -0.496 e. The van der Waals surface area contributed by atoms with Gasteiger partial charge in [-0.3, -0.25) is 4.79 Å². The molecule has 0 atom stereocenters. The van der Waals surface area contributed by atoms with Crippen molar-refractivity contribution in [3.8, 4) is 5.75 Å². The first-order valence-electron chi connectivity index (χ1n) is 8.19. The summed E-state index contributed by atoms with van der Waals surface area (Å²) in [6.45, 7) is 3.94. The third-order valence-corrected chi connectivity index (χ3v) is 5.72. The molecule has 1 heterocycles. The molecule has 124 valence electrons. The van der Waals surface area contributed by atoms with Crippen molar-refractivity contribution in [3.63, 3.8) is 0 Å². The number of ketones is 1. The molecule has 0 saturated carbocycles. The molecule has 0 bridgehead atoms. The van der Waals surface area contributed by atoms with Crippen molar-refractivity contribution in [2.75, 3.05) is 7.11 Å². The molecule has 0 radical (unpaired) electrons. The van der Waals surface area contributed by atoms with Gasteiger partial charge in [-0.15, -0.1) is 11.3 Å². The number of aryl methyl sites for hydroxylation is 2. The Morgan fingerprint density at radius 2 is 1.52 bits per heavy atom. The highest BCUT2D eigenvalue weighted by atomic mass is 32.1. The smallest absolute Gasteiger partial charge is 0.193 e. The third kappa shape index (κ3) is 2.61. The first-order chi connectivity index (χ1) is 12.1. The summed E-state index contributed by atoms with van der Waals surface area (Å²) < 4.78 is 7.86. The van der Waals surface area contributed by atoms with Gasteiger partial charge in [0.1, 0.15) is 5.75 Å². The second-order valence-corrected chi connectivity index (χ2v) is 7.37. The Labute approximate surface area is 150 Å². The summed E-state index contributed by atoms with van der Waals surface area (Å²) in [6.07, 6.45) is 0. The van der Waals surface area contributed by atoms with Crippen LogP contribution in [0.2, 0.25) is 0 Å². The summed E-state index contributed by atoms with van der Waals surface area (Å²) in [7, 11) is 1.66. The van der Waals surface area contributed by atoms with Crippen molar-refractivity contribution in [2.24, 2.45) is 0 Å². The Bertz CT molecular complexity index is 1100. The first kappa shape index (κ1) is 15.9. The van der Waals surface area contributed by atoms with E-state index in [1.165, 1.54) is 14.8 Å². The van der Waals surface area contributed by atoms with Crippen LogP contribution in [0.3, 0.4) is 0 Å². The maximum Gasteiger partial charge on any atom is 0.193 e. The summed E-state index contributed by atoms with van der Waals surface area (Å²) in [5.74, 6) is 0.891. The molecule has 0 fully saturated rings. The molecule has 0 unspecified atom stereocenters. The topological polar surface area (TPSA) is 26.3 Å². The van der Waals surface area contributed by atoms with Gasteiger partial charge >= 0.3 is 0 Å².